The number of rotatable bonds is 7. The van der Waals surface area contributed by atoms with Gasteiger partial charge in [0.2, 0.25) is 5.88 Å². The van der Waals surface area contributed by atoms with E-state index in [9.17, 15) is 13.2 Å². The van der Waals surface area contributed by atoms with Gasteiger partial charge in [-0.15, -0.1) is 0 Å². The monoisotopic (exact) mass is 358 g/mol. The Morgan fingerprint density at radius 1 is 1.18 bits per heavy atom. The highest BCUT2D eigenvalue weighted by molar-refractivity contribution is 8.07. The summed E-state index contributed by atoms with van der Waals surface area (Å²) in [6, 6.07) is 0.699. The summed E-state index contributed by atoms with van der Waals surface area (Å²) in [7, 11) is 0. The zero-order valence-corrected chi connectivity index (χ0v) is 14.4. The summed E-state index contributed by atoms with van der Waals surface area (Å²) >= 11 is 5.13. The van der Waals surface area contributed by atoms with Crippen LogP contribution in [0.3, 0.4) is 0 Å². The average molecular weight is 358 g/mol. The lowest BCUT2D eigenvalue weighted by Crippen LogP contribution is -2.13. The molecule has 0 aliphatic carbocycles. The Kier molecular flexibility index (Phi) is 6.73. The first-order valence-corrected chi connectivity index (χ1v) is 9.21. The van der Waals surface area contributed by atoms with E-state index in [1.807, 2.05) is 0 Å². The molecule has 0 spiro atoms. The van der Waals surface area contributed by atoms with Crippen LogP contribution in [0.25, 0.3) is 0 Å². The highest BCUT2D eigenvalue weighted by Gasteiger charge is 2.35. The van der Waals surface area contributed by atoms with Crippen molar-refractivity contribution in [3.05, 3.63) is 17.6 Å². The smallest absolute Gasteiger partial charge is 0.406 e. The minimum Gasteiger partial charge on any atom is -0.406 e. The van der Waals surface area contributed by atoms with Crippen LogP contribution in [0.4, 0.5) is 13.2 Å². The minimum atomic E-state index is -4.61. The van der Waals surface area contributed by atoms with Gasteiger partial charge in [0.05, 0.1) is 13.2 Å². The van der Waals surface area contributed by atoms with Crippen LogP contribution in [0.1, 0.15) is 45.1 Å². The molecule has 0 N–H and O–H groups in total. The molecule has 126 valence electrons. The van der Waals surface area contributed by atoms with Crippen LogP contribution in [0.15, 0.2) is 6.07 Å². The Morgan fingerprint density at radius 3 is 2.14 bits per heavy atom. The fourth-order valence-electron chi connectivity index (χ4n) is 1.41. The third-order valence-corrected chi connectivity index (χ3v) is 4.72. The molecule has 0 aliphatic rings. The summed E-state index contributed by atoms with van der Waals surface area (Å²) in [5.41, 5.74) is -1.09. The van der Waals surface area contributed by atoms with E-state index in [1.165, 1.54) is 0 Å². The highest BCUT2D eigenvalue weighted by Crippen LogP contribution is 2.49. The van der Waals surface area contributed by atoms with Crippen molar-refractivity contribution in [3.63, 3.8) is 0 Å². The highest BCUT2D eigenvalue weighted by atomic mass is 32.5. The summed E-state index contributed by atoms with van der Waals surface area (Å²) < 4.78 is 54.6. The molecule has 1 heterocycles. The lowest BCUT2D eigenvalue weighted by atomic mass is 10.2. The van der Waals surface area contributed by atoms with E-state index in [1.54, 1.807) is 27.7 Å². The van der Waals surface area contributed by atoms with Gasteiger partial charge in [-0.3, -0.25) is 9.05 Å². The molecular formula is C12H18F3N2O3PS. The van der Waals surface area contributed by atoms with E-state index in [0.29, 0.717) is 6.07 Å². The Balaban J connectivity index is 3.22. The molecule has 0 unspecified atom stereocenters. The van der Waals surface area contributed by atoms with Crippen molar-refractivity contribution in [2.45, 2.75) is 39.8 Å². The largest absolute Gasteiger partial charge is 0.433 e. The van der Waals surface area contributed by atoms with Crippen LogP contribution in [-0.4, -0.2) is 23.2 Å². The molecule has 0 atom stereocenters. The van der Waals surface area contributed by atoms with Crippen molar-refractivity contribution < 1.29 is 26.7 Å². The average Bonchev–Trinajstić information content (AvgIpc) is 2.37. The Bertz CT molecular complexity index is 545. The van der Waals surface area contributed by atoms with Gasteiger partial charge in [-0.1, -0.05) is 13.8 Å². The van der Waals surface area contributed by atoms with E-state index in [4.69, 9.17) is 25.4 Å². The normalized spacial score (nSPS) is 12.7. The van der Waals surface area contributed by atoms with Crippen molar-refractivity contribution in [2.75, 3.05) is 13.2 Å². The van der Waals surface area contributed by atoms with Crippen LogP contribution in [-0.2, 0) is 27.0 Å². The quantitative estimate of drug-likeness (QED) is 0.678. The standard InChI is InChI=1S/C12H18F3N2O3PS/c1-5-18-21(22,19-6-2)20-10-7-9(12(13,14)15)16-11(17-10)8(3)4/h7-8H,5-6H2,1-4H3. The molecule has 0 saturated carbocycles. The van der Waals surface area contributed by atoms with Gasteiger partial charge in [0, 0.05) is 23.8 Å². The molecule has 1 rings (SSSR count). The number of aromatic nitrogens is 2. The Labute approximate surface area is 132 Å². The predicted octanol–water partition coefficient (Wildman–Crippen LogP) is 4.30. The van der Waals surface area contributed by atoms with Crippen molar-refractivity contribution in [3.8, 4) is 5.88 Å². The van der Waals surface area contributed by atoms with Crippen molar-refractivity contribution in [1.82, 2.24) is 9.97 Å². The van der Waals surface area contributed by atoms with Crippen LogP contribution in [0.2, 0.25) is 0 Å². The molecular weight excluding hydrogens is 340 g/mol. The van der Waals surface area contributed by atoms with E-state index in [0.717, 1.165) is 0 Å². The van der Waals surface area contributed by atoms with E-state index in [-0.39, 0.29) is 30.8 Å². The van der Waals surface area contributed by atoms with Gasteiger partial charge < -0.3 is 4.52 Å². The summed E-state index contributed by atoms with van der Waals surface area (Å²) in [4.78, 5) is 7.47. The number of hydrogen-bond donors (Lipinski definition) is 0. The minimum absolute atomic E-state index is 0.0133. The van der Waals surface area contributed by atoms with Crippen molar-refractivity contribution in [2.24, 2.45) is 0 Å². The molecule has 5 nitrogen and oxygen atoms in total. The SMILES string of the molecule is CCOP(=S)(OCC)Oc1cc(C(F)(F)F)nc(C(C)C)n1. The number of hydrogen-bond acceptors (Lipinski definition) is 6. The van der Waals surface area contributed by atoms with Gasteiger partial charge in [0.1, 0.15) is 5.82 Å². The zero-order valence-electron chi connectivity index (χ0n) is 12.7. The second-order valence-electron chi connectivity index (χ2n) is 4.48. The Hall–Kier alpha value is -0.760. The molecule has 1 aromatic heterocycles. The number of alkyl halides is 3. The molecule has 0 aliphatic heterocycles. The maximum absolute atomic E-state index is 12.9. The van der Waals surface area contributed by atoms with Crippen molar-refractivity contribution in [1.29, 1.82) is 0 Å². The fourth-order valence-corrected chi connectivity index (χ4v) is 3.41. The first kappa shape index (κ1) is 19.3. The third kappa shape index (κ3) is 5.46. The van der Waals surface area contributed by atoms with Crippen LogP contribution in [0.5, 0.6) is 5.88 Å². The van der Waals surface area contributed by atoms with E-state index in [2.05, 4.69) is 9.97 Å². The Morgan fingerprint density at radius 2 is 1.73 bits per heavy atom. The van der Waals surface area contributed by atoms with Gasteiger partial charge in [-0.25, -0.2) is 4.98 Å². The van der Waals surface area contributed by atoms with Crippen LogP contribution >= 0.6 is 6.72 Å². The molecule has 10 heteroatoms. The molecule has 0 aromatic carbocycles. The number of halogens is 3. The van der Waals surface area contributed by atoms with Crippen LogP contribution < -0.4 is 4.52 Å². The van der Waals surface area contributed by atoms with Crippen molar-refractivity contribution >= 4 is 18.5 Å². The maximum Gasteiger partial charge on any atom is 0.433 e. The second kappa shape index (κ2) is 7.68. The molecule has 22 heavy (non-hydrogen) atoms. The van der Waals surface area contributed by atoms with Crippen LogP contribution in [0, 0.1) is 0 Å². The van der Waals surface area contributed by atoms with Gasteiger partial charge in [0.25, 0.3) is 0 Å². The first-order chi connectivity index (χ1) is 10.1. The predicted molar refractivity (Wildman–Crippen MR) is 79.3 cm³/mol. The first-order valence-electron chi connectivity index (χ1n) is 6.66. The van der Waals surface area contributed by atoms with E-state index >= 15 is 0 Å². The lowest BCUT2D eigenvalue weighted by molar-refractivity contribution is -0.141. The van der Waals surface area contributed by atoms with Gasteiger partial charge in [-0.2, -0.15) is 18.2 Å². The lowest BCUT2D eigenvalue weighted by Gasteiger charge is -2.21. The summed E-state index contributed by atoms with van der Waals surface area (Å²) in [5.74, 6) is -0.586. The second-order valence-corrected chi connectivity index (χ2v) is 7.41. The molecule has 1 aromatic rings. The molecule has 0 bridgehead atoms. The molecule has 0 fully saturated rings. The fraction of sp³-hybridized carbons (Fsp3) is 0.667. The molecule has 0 saturated heterocycles. The molecule has 0 radical (unpaired) electrons. The summed E-state index contributed by atoms with van der Waals surface area (Å²) in [5, 5.41) is 0. The number of nitrogens with zero attached hydrogens (tertiary/aromatic N) is 2. The van der Waals surface area contributed by atoms with Gasteiger partial charge >= 0.3 is 12.9 Å². The summed E-state index contributed by atoms with van der Waals surface area (Å²) in [6.45, 7) is 3.97. The van der Waals surface area contributed by atoms with E-state index < -0.39 is 18.6 Å². The summed E-state index contributed by atoms with van der Waals surface area (Å²) in [6.07, 6.45) is -4.61. The third-order valence-electron chi connectivity index (χ3n) is 2.31. The maximum atomic E-state index is 12.9. The van der Waals surface area contributed by atoms with Gasteiger partial charge in [0.15, 0.2) is 5.69 Å². The van der Waals surface area contributed by atoms with Gasteiger partial charge in [-0.05, 0) is 13.8 Å². The molecule has 0 amide bonds. The topological polar surface area (TPSA) is 53.5 Å². The zero-order chi connectivity index (χ0) is 17.0.